The fourth-order valence-corrected chi connectivity index (χ4v) is 2.15. The second-order valence-corrected chi connectivity index (χ2v) is 5.76. The predicted molar refractivity (Wildman–Crippen MR) is 85.3 cm³/mol. The number of aliphatic hydroxyl groups excluding tert-OH is 1. The van der Waals surface area contributed by atoms with Gasteiger partial charge in [-0.1, -0.05) is 0 Å². The first-order valence-corrected chi connectivity index (χ1v) is 7.80. The minimum absolute atomic E-state index is 0.0151. The van der Waals surface area contributed by atoms with Gasteiger partial charge in [0.05, 0.1) is 25.1 Å². The Balaban J connectivity index is 1.54. The molecule has 0 unspecified atom stereocenters. The van der Waals surface area contributed by atoms with E-state index in [-0.39, 0.29) is 6.54 Å². The highest BCUT2D eigenvalue weighted by Gasteiger charge is 2.22. The second kappa shape index (κ2) is 7.35. The van der Waals surface area contributed by atoms with E-state index >= 15 is 0 Å². The molecule has 1 atom stereocenters. The van der Waals surface area contributed by atoms with Crippen molar-refractivity contribution in [2.75, 3.05) is 18.5 Å². The number of aliphatic hydroxyl groups is 1. The molecule has 1 fully saturated rings. The van der Waals surface area contributed by atoms with E-state index in [1.165, 1.54) is 24.5 Å². The zero-order valence-corrected chi connectivity index (χ0v) is 13.0. The van der Waals surface area contributed by atoms with E-state index in [4.69, 9.17) is 9.15 Å². The molecule has 3 rings (SSSR count). The SMILES string of the molecule is O=C(NC[C@@H](O)c1ccco1)Nc1ccc(F)cc1OCC1CC1. The lowest BCUT2D eigenvalue weighted by molar-refractivity contribution is 0.149. The van der Waals surface area contributed by atoms with Gasteiger partial charge < -0.3 is 24.9 Å². The molecule has 1 aliphatic carbocycles. The van der Waals surface area contributed by atoms with E-state index < -0.39 is 18.0 Å². The summed E-state index contributed by atoms with van der Waals surface area (Å²) in [7, 11) is 0. The average molecular weight is 334 g/mol. The number of furan rings is 1. The topological polar surface area (TPSA) is 83.7 Å². The summed E-state index contributed by atoms with van der Waals surface area (Å²) in [5.74, 6) is 0.743. The molecule has 7 heteroatoms. The summed E-state index contributed by atoms with van der Waals surface area (Å²) in [6.45, 7) is 0.496. The molecule has 2 amide bonds. The Hall–Kier alpha value is -2.54. The smallest absolute Gasteiger partial charge is 0.319 e. The number of hydrogen-bond donors (Lipinski definition) is 3. The van der Waals surface area contributed by atoms with E-state index in [9.17, 15) is 14.3 Å². The van der Waals surface area contributed by atoms with Gasteiger partial charge in [0.15, 0.2) is 0 Å². The lowest BCUT2D eigenvalue weighted by Crippen LogP contribution is -2.32. The van der Waals surface area contributed by atoms with Crippen LogP contribution < -0.4 is 15.4 Å². The van der Waals surface area contributed by atoms with Gasteiger partial charge in [0.2, 0.25) is 0 Å². The Kier molecular flexibility index (Phi) is 5.00. The van der Waals surface area contributed by atoms with Gasteiger partial charge in [0, 0.05) is 6.07 Å². The molecular formula is C17H19FN2O4. The van der Waals surface area contributed by atoms with Crippen LogP contribution in [0.1, 0.15) is 24.7 Å². The number of nitrogens with one attached hydrogen (secondary N) is 2. The molecule has 0 spiro atoms. The lowest BCUT2D eigenvalue weighted by atomic mass is 10.2. The number of halogens is 1. The standard InChI is InChI=1S/C17H19FN2O4/c18-12-5-6-13(16(8-12)24-10-11-3-4-11)20-17(22)19-9-14(21)15-2-1-7-23-15/h1-2,5-8,11,14,21H,3-4,9-10H2,(H2,19,20,22)/t14-/m1/s1. The van der Waals surface area contributed by atoms with Crippen LogP contribution in [0.3, 0.4) is 0 Å². The largest absolute Gasteiger partial charge is 0.491 e. The molecule has 6 nitrogen and oxygen atoms in total. The van der Waals surface area contributed by atoms with E-state index in [1.807, 2.05) is 0 Å². The number of ether oxygens (including phenoxy) is 1. The maximum atomic E-state index is 13.4. The third kappa shape index (κ3) is 4.48. The van der Waals surface area contributed by atoms with E-state index in [0.29, 0.717) is 29.7 Å². The zero-order valence-electron chi connectivity index (χ0n) is 13.0. The molecule has 1 heterocycles. The van der Waals surface area contributed by atoms with Crippen LogP contribution in [0.15, 0.2) is 41.0 Å². The molecule has 24 heavy (non-hydrogen) atoms. The number of carbonyl (C=O) groups is 1. The van der Waals surface area contributed by atoms with Crippen LogP contribution in [0.5, 0.6) is 5.75 Å². The highest BCUT2D eigenvalue weighted by molar-refractivity contribution is 5.90. The summed E-state index contributed by atoms with van der Waals surface area (Å²) in [6.07, 6.45) is 2.73. The molecule has 1 saturated carbocycles. The molecule has 1 aromatic carbocycles. The molecule has 3 N–H and O–H groups in total. The van der Waals surface area contributed by atoms with Crippen LogP contribution in [-0.2, 0) is 0 Å². The Morgan fingerprint density at radius 3 is 2.96 bits per heavy atom. The van der Waals surface area contributed by atoms with Crippen molar-refractivity contribution in [3.05, 3.63) is 48.2 Å². The van der Waals surface area contributed by atoms with Gasteiger partial charge in [0.25, 0.3) is 0 Å². The predicted octanol–water partition coefficient (Wildman–Crippen LogP) is 3.06. The molecule has 0 aliphatic heterocycles. The van der Waals surface area contributed by atoms with Crippen LogP contribution in [0.4, 0.5) is 14.9 Å². The van der Waals surface area contributed by atoms with Crippen LogP contribution in [0.25, 0.3) is 0 Å². The van der Waals surface area contributed by atoms with Gasteiger partial charge in [-0.2, -0.15) is 0 Å². The minimum Gasteiger partial charge on any atom is -0.491 e. The van der Waals surface area contributed by atoms with Crippen molar-refractivity contribution in [3.63, 3.8) is 0 Å². The molecular weight excluding hydrogens is 315 g/mol. The molecule has 0 radical (unpaired) electrons. The van der Waals surface area contributed by atoms with Crippen LogP contribution >= 0.6 is 0 Å². The summed E-state index contributed by atoms with van der Waals surface area (Å²) in [5.41, 5.74) is 0.377. The molecule has 1 aromatic heterocycles. The van der Waals surface area contributed by atoms with Gasteiger partial charge in [-0.05, 0) is 43.0 Å². The maximum absolute atomic E-state index is 13.4. The monoisotopic (exact) mass is 334 g/mol. The van der Waals surface area contributed by atoms with E-state index in [0.717, 1.165) is 12.8 Å². The summed E-state index contributed by atoms with van der Waals surface area (Å²) in [6, 6.07) is 6.69. The minimum atomic E-state index is -0.940. The van der Waals surface area contributed by atoms with Crippen molar-refractivity contribution in [2.24, 2.45) is 5.92 Å². The number of rotatable bonds is 7. The van der Waals surface area contributed by atoms with Crippen LogP contribution in [-0.4, -0.2) is 24.3 Å². The number of urea groups is 1. The first kappa shape index (κ1) is 16.3. The van der Waals surface area contributed by atoms with Crippen molar-refractivity contribution < 1.29 is 23.4 Å². The number of hydrogen-bond acceptors (Lipinski definition) is 4. The van der Waals surface area contributed by atoms with Gasteiger partial charge in [-0.3, -0.25) is 0 Å². The quantitative estimate of drug-likeness (QED) is 0.727. The summed E-state index contributed by atoms with van der Waals surface area (Å²) < 4.78 is 24.0. The zero-order chi connectivity index (χ0) is 16.9. The molecule has 128 valence electrons. The maximum Gasteiger partial charge on any atom is 0.319 e. The molecule has 1 aliphatic rings. The fourth-order valence-electron chi connectivity index (χ4n) is 2.15. The third-order valence-electron chi connectivity index (χ3n) is 3.69. The number of anilines is 1. The highest BCUT2D eigenvalue weighted by Crippen LogP contribution is 2.32. The second-order valence-electron chi connectivity index (χ2n) is 5.76. The normalized spacial score (nSPS) is 14.9. The third-order valence-corrected chi connectivity index (χ3v) is 3.69. The average Bonchev–Trinajstić information content (AvgIpc) is 3.23. The Morgan fingerprint density at radius 2 is 2.25 bits per heavy atom. The van der Waals surface area contributed by atoms with Crippen molar-refractivity contribution in [2.45, 2.75) is 18.9 Å². The fraction of sp³-hybridized carbons (Fsp3) is 0.353. The van der Waals surface area contributed by atoms with Gasteiger partial charge in [-0.25, -0.2) is 9.18 Å². The first-order chi connectivity index (χ1) is 11.6. The van der Waals surface area contributed by atoms with Gasteiger partial charge in [0.1, 0.15) is 23.4 Å². The van der Waals surface area contributed by atoms with Crippen molar-refractivity contribution in [1.82, 2.24) is 5.32 Å². The summed E-state index contributed by atoms with van der Waals surface area (Å²) >= 11 is 0. The van der Waals surface area contributed by atoms with Gasteiger partial charge in [-0.15, -0.1) is 0 Å². The summed E-state index contributed by atoms with van der Waals surface area (Å²) in [4.78, 5) is 12.0. The summed E-state index contributed by atoms with van der Waals surface area (Å²) in [5, 5.41) is 15.0. The van der Waals surface area contributed by atoms with Crippen molar-refractivity contribution in [3.8, 4) is 5.75 Å². The number of benzene rings is 1. The Morgan fingerprint density at radius 1 is 1.42 bits per heavy atom. The molecule has 2 aromatic rings. The Bertz CT molecular complexity index is 686. The highest BCUT2D eigenvalue weighted by atomic mass is 19.1. The van der Waals surface area contributed by atoms with E-state index in [1.54, 1.807) is 12.1 Å². The first-order valence-electron chi connectivity index (χ1n) is 7.80. The molecule has 0 bridgehead atoms. The van der Waals surface area contributed by atoms with E-state index in [2.05, 4.69) is 10.6 Å². The van der Waals surface area contributed by atoms with Crippen LogP contribution in [0.2, 0.25) is 0 Å². The molecule has 0 saturated heterocycles. The number of amides is 2. The van der Waals surface area contributed by atoms with Crippen LogP contribution in [0, 0.1) is 11.7 Å². The van der Waals surface area contributed by atoms with Gasteiger partial charge >= 0.3 is 6.03 Å². The van der Waals surface area contributed by atoms with Crippen molar-refractivity contribution >= 4 is 11.7 Å². The Labute approximate surface area is 138 Å². The van der Waals surface area contributed by atoms with Crippen molar-refractivity contribution in [1.29, 1.82) is 0 Å². The number of carbonyl (C=O) groups excluding carboxylic acids is 1. The lowest BCUT2D eigenvalue weighted by Gasteiger charge is -2.14.